The Balaban J connectivity index is 2.00. The molecule has 0 aliphatic carbocycles. The van der Waals surface area contributed by atoms with Crippen LogP contribution >= 0.6 is 0 Å². The van der Waals surface area contributed by atoms with Gasteiger partial charge in [0.1, 0.15) is 0 Å². The third-order valence-electron chi connectivity index (χ3n) is 2.85. The highest BCUT2D eigenvalue weighted by Gasteiger charge is 2.13. The Labute approximate surface area is 118 Å². The van der Waals surface area contributed by atoms with Crippen molar-refractivity contribution in [1.82, 2.24) is 19.9 Å². The molecular weight excluding hydrogens is 254 g/mol. The molecule has 2 aromatic rings. The van der Waals surface area contributed by atoms with Crippen molar-refractivity contribution in [3.05, 3.63) is 42.7 Å². The van der Waals surface area contributed by atoms with Gasteiger partial charge in [-0.2, -0.15) is 0 Å². The number of nitrogens with zero attached hydrogens (tertiary/aromatic N) is 3. The van der Waals surface area contributed by atoms with Crippen LogP contribution in [0.25, 0.3) is 0 Å². The second-order valence-corrected chi connectivity index (χ2v) is 4.59. The zero-order valence-corrected chi connectivity index (χ0v) is 11.7. The summed E-state index contributed by atoms with van der Waals surface area (Å²) in [6, 6.07) is 1.81. The minimum atomic E-state index is -0.123. The largest absolute Gasteiger partial charge is 0.385 e. The molecule has 0 fully saturated rings. The fourth-order valence-corrected chi connectivity index (χ4v) is 1.98. The van der Waals surface area contributed by atoms with Crippen LogP contribution in [0.15, 0.2) is 37.2 Å². The number of carbonyl (C=O) groups excluding carboxylic acids is 1. The highest BCUT2D eigenvalue weighted by atomic mass is 16.1. The van der Waals surface area contributed by atoms with Gasteiger partial charge in [-0.3, -0.25) is 9.78 Å². The van der Waals surface area contributed by atoms with E-state index in [2.05, 4.69) is 20.6 Å². The van der Waals surface area contributed by atoms with Crippen LogP contribution in [0.3, 0.4) is 0 Å². The van der Waals surface area contributed by atoms with Gasteiger partial charge in [0.2, 0.25) is 0 Å². The average Bonchev–Trinajstić information content (AvgIpc) is 2.92. The summed E-state index contributed by atoms with van der Waals surface area (Å²) in [5.74, 6) is -0.123. The first-order valence-electron chi connectivity index (χ1n) is 6.65. The summed E-state index contributed by atoms with van der Waals surface area (Å²) >= 11 is 0. The Morgan fingerprint density at radius 3 is 2.95 bits per heavy atom. The first-order chi connectivity index (χ1) is 9.70. The number of rotatable bonds is 6. The third-order valence-corrected chi connectivity index (χ3v) is 2.85. The molecule has 0 aliphatic rings. The molecule has 1 amide bonds. The molecule has 2 rings (SSSR count). The SMILES string of the molecule is CCNc1ccncc1C(=O)NC(C)Cn1ccnc1. The fourth-order valence-electron chi connectivity index (χ4n) is 1.98. The van der Waals surface area contributed by atoms with Crippen molar-refractivity contribution in [2.45, 2.75) is 26.4 Å². The zero-order valence-electron chi connectivity index (χ0n) is 11.7. The number of aromatic nitrogens is 3. The van der Waals surface area contributed by atoms with Gasteiger partial charge in [-0.1, -0.05) is 0 Å². The van der Waals surface area contributed by atoms with Crippen LogP contribution < -0.4 is 10.6 Å². The molecule has 106 valence electrons. The van der Waals surface area contributed by atoms with Gasteiger partial charge >= 0.3 is 0 Å². The van der Waals surface area contributed by atoms with E-state index in [9.17, 15) is 4.79 Å². The lowest BCUT2D eigenvalue weighted by Crippen LogP contribution is -2.35. The highest BCUT2D eigenvalue weighted by molar-refractivity contribution is 5.99. The van der Waals surface area contributed by atoms with Gasteiger partial charge in [-0.05, 0) is 19.9 Å². The molecule has 0 aliphatic heterocycles. The number of hydrogen-bond acceptors (Lipinski definition) is 4. The first-order valence-corrected chi connectivity index (χ1v) is 6.65. The van der Waals surface area contributed by atoms with Gasteiger partial charge in [0.25, 0.3) is 5.91 Å². The normalized spacial score (nSPS) is 11.9. The number of pyridine rings is 1. The Morgan fingerprint density at radius 2 is 2.25 bits per heavy atom. The number of amides is 1. The molecule has 0 saturated heterocycles. The van der Waals surface area contributed by atoms with E-state index < -0.39 is 0 Å². The van der Waals surface area contributed by atoms with Crippen LogP contribution in [-0.4, -0.2) is 33.0 Å². The van der Waals surface area contributed by atoms with Crippen LogP contribution in [0, 0.1) is 0 Å². The Morgan fingerprint density at radius 1 is 1.40 bits per heavy atom. The Hall–Kier alpha value is -2.37. The van der Waals surface area contributed by atoms with Crippen LogP contribution in [0.2, 0.25) is 0 Å². The maximum atomic E-state index is 12.3. The summed E-state index contributed by atoms with van der Waals surface area (Å²) in [7, 11) is 0. The molecule has 6 heteroatoms. The molecule has 0 saturated carbocycles. The van der Waals surface area contributed by atoms with E-state index in [0.717, 1.165) is 12.2 Å². The zero-order chi connectivity index (χ0) is 14.4. The van der Waals surface area contributed by atoms with Crippen molar-refractivity contribution < 1.29 is 4.79 Å². The molecule has 1 unspecified atom stereocenters. The summed E-state index contributed by atoms with van der Waals surface area (Å²) in [4.78, 5) is 20.3. The molecule has 0 bridgehead atoms. The molecule has 0 aromatic carbocycles. The van der Waals surface area contributed by atoms with Gasteiger partial charge in [0, 0.05) is 43.9 Å². The maximum absolute atomic E-state index is 12.3. The molecule has 0 spiro atoms. The van der Waals surface area contributed by atoms with E-state index in [1.807, 2.05) is 24.6 Å². The van der Waals surface area contributed by atoms with Crippen molar-refractivity contribution in [2.24, 2.45) is 0 Å². The van der Waals surface area contributed by atoms with Crippen LogP contribution in [0.4, 0.5) is 5.69 Å². The van der Waals surface area contributed by atoms with E-state index >= 15 is 0 Å². The molecule has 2 aromatic heterocycles. The van der Waals surface area contributed by atoms with Crippen LogP contribution in [0.5, 0.6) is 0 Å². The predicted molar refractivity (Wildman–Crippen MR) is 77.6 cm³/mol. The van der Waals surface area contributed by atoms with Crippen LogP contribution in [0.1, 0.15) is 24.2 Å². The van der Waals surface area contributed by atoms with Gasteiger partial charge in [-0.15, -0.1) is 0 Å². The second kappa shape index (κ2) is 6.70. The number of carbonyl (C=O) groups is 1. The maximum Gasteiger partial charge on any atom is 0.255 e. The van der Waals surface area contributed by atoms with E-state index in [0.29, 0.717) is 12.1 Å². The summed E-state index contributed by atoms with van der Waals surface area (Å²) in [6.07, 6.45) is 8.58. The lowest BCUT2D eigenvalue weighted by Gasteiger charge is -2.16. The minimum absolute atomic E-state index is 0.00591. The van der Waals surface area contributed by atoms with Gasteiger partial charge in [0.15, 0.2) is 0 Å². The number of hydrogen-bond donors (Lipinski definition) is 2. The average molecular weight is 273 g/mol. The summed E-state index contributed by atoms with van der Waals surface area (Å²) in [5, 5.41) is 6.13. The molecule has 2 heterocycles. The van der Waals surface area contributed by atoms with Gasteiger partial charge < -0.3 is 15.2 Å². The first kappa shape index (κ1) is 14.0. The van der Waals surface area contributed by atoms with Gasteiger partial charge in [0.05, 0.1) is 17.6 Å². The molecule has 2 N–H and O–H groups in total. The lowest BCUT2D eigenvalue weighted by atomic mass is 10.2. The summed E-state index contributed by atoms with van der Waals surface area (Å²) in [6.45, 7) is 5.39. The van der Waals surface area contributed by atoms with E-state index in [-0.39, 0.29) is 11.9 Å². The molecule has 6 nitrogen and oxygen atoms in total. The molecule has 1 atom stereocenters. The van der Waals surface area contributed by atoms with E-state index in [1.54, 1.807) is 31.0 Å². The standard InChI is InChI=1S/C14H19N5O/c1-3-17-13-4-5-15-8-12(13)14(20)18-11(2)9-19-7-6-16-10-19/h4-8,10-11H,3,9H2,1-2H3,(H,15,17)(H,18,20). The van der Waals surface area contributed by atoms with Crippen LogP contribution in [-0.2, 0) is 6.54 Å². The fraction of sp³-hybridized carbons (Fsp3) is 0.357. The Bertz CT molecular complexity index is 552. The molecule has 20 heavy (non-hydrogen) atoms. The number of imidazole rings is 1. The molecular formula is C14H19N5O. The molecule has 0 radical (unpaired) electrons. The van der Waals surface area contributed by atoms with Crippen molar-refractivity contribution in [3.8, 4) is 0 Å². The second-order valence-electron chi connectivity index (χ2n) is 4.59. The van der Waals surface area contributed by atoms with E-state index in [4.69, 9.17) is 0 Å². The monoisotopic (exact) mass is 273 g/mol. The Kier molecular flexibility index (Phi) is 4.70. The topological polar surface area (TPSA) is 71.8 Å². The number of nitrogens with one attached hydrogen (secondary N) is 2. The van der Waals surface area contributed by atoms with Gasteiger partial charge in [-0.25, -0.2) is 4.98 Å². The van der Waals surface area contributed by atoms with E-state index in [1.165, 1.54) is 0 Å². The third kappa shape index (κ3) is 3.57. The summed E-state index contributed by atoms with van der Waals surface area (Å²) < 4.78 is 1.93. The van der Waals surface area contributed by atoms with Crippen molar-refractivity contribution in [1.29, 1.82) is 0 Å². The van der Waals surface area contributed by atoms with Crippen molar-refractivity contribution in [2.75, 3.05) is 11.9 Å². The minimum Gasteiger partial charge on any atom is -0.385 e. The predicted octanol–water partition coefficient (Wildman–Crippen LogP) is 1.53. The lowest BCUT2D eigenvalue weighted by molar-refractivity contribution is 0.0937. The van der Waals surface area contributed by atoms with Crippen molar-refractivity contribution >= 4 is 11.6 Å². The highest BCUT2D eigenvalue weighted by Crippen LogP contribution is 2.13. The smallest absolute Gasteiger partial charge is 0.255 e. The van der Waals surface area contributed by atoms with Crippen molar-refractivity contribution in [3.63, 3.8) is 0 Å². The number of anilines is 1. The quantitative estimate of drug-likeness (QED) is 0.837. The summed E-state index contributed by atoms with van der Waals surface area (Å²) in [5.41, 5.74) is 1.36.